The molecule has 22 heteroatoms. The molecule has 0 spiro atoms. The van der Waals surface area contributed by atoms with E-state index in [1.165, 1.54) is 13.8 Å². The Morgan fingerprint density at radius 2 is 1.17 bits per heavy atom. The Bertz CT molecular complexity index is 2380. The van der Waals surface area contributed by atoms with Gasteiger partial charge in [0.25, 0.3) is 0 Å². The van der Waals surface area contributed by atoms with Crippen LogP contribution in [0, 0.1) is 0 Å². The summed E-state index contributed by atoms with van der Waals surface area (Å²) < 4.78 is 0. The molecule has 10 atom stereocenters. The van der Waals surface area contributed by atoms with E-state index in [4.69, 9.17) is 17.2 Å². The van der Waals surface area contributed by atoms with E-state index in [-0.39, 0.29) is 43.7 Å². The molecule has 0 bridgehead atoms. The molecule has 71 heavy (non-hydrogen) atoms. The van der Waals surface area contributed by atoms with Gasteiger partial charge in [0.2, 0.25) is 41.4 Å². The first-order valence-corrected chi connectivity index (χ1v) is 24.6. The third-order valence-corrected chi connectivity index (χ3v) is 12.6. The van der Waals surface area contributed by atoms with Crippen LogP contribution in [0.2, 0.25) is 0 Å². The van der Waals surface area contributed by atoms with Crippen LogP contribution in [0.3, 0.4) is 0 Å². The number of nitrogens with zero attached hydrogens (tertiary/aromatic N) is 1. The molecule has 0 aliphatic carbocycles. The highest BCUT2D eigenvalue weighted by atomic mass is 32.1. The lowest BCUT2D eigenvalue weighted by Crippen LogP contribution is -2.65. The monoisotopic (exact) mass is 1020 g/mol. The SMILES string of the molecule is C[C@@H](O)C(CO)N(C(=O)[C@@H](NC(=O)[C@H](CCCCN)NC(=O)[C@@H](Cc1c[nH]c2ccccc12)NC(=O)[C@H](Cc1ccccc1)NC(=O)[C@H](CS)NC(=O)[C@H](N)Cc1ccccc1)[C@@H](C)O)[C@@H](CS)C(N)=O. The number of aliphatic hydroxyl groups excluding tert-OH is 3. The molecule has 3 aromatic carbocycles. The number of aromatic amines is 1. The molecule has 4 aromatic rings. The number of carbonyl (C=O) groups excluding carboxylic acids is 7. The van der Waals surface area contributed by atoms with Crippen molar-refractivity contribution in [1.29, 1.82) is 0 Å². The summed E-state index contributed by atoms with van der Waals surface area (Å²) in [6, 6.07) is 14.1. The molecule has 0 saturated heterocycles. The molecule has 1 heterocycles. The first-order chi connectivity index (χ1) is 33.9. The van der Waals surface area contributed by atoms with Crippen molar-refractivity contribution in [2.45, 2.75) is 113 Å². The molecule has 386 valence electrons. The predicted molar refractivity (Wildman–Crippen MR) is 275 cm³/mol. The van der Waals surface area contributed by atoms with Crippen LogP contribution < -0.4 is 43.8 Å². The lowest BCUT2D eigenvalue weighted by molar-refractivity contribution is -0.151. The van der Waals surface area contributed by atoms with Gasteiger partial charge in [-0.3, -0.25) is 33.6 Å². The van der Waals surface area contributed by atoms with Gasteiger partial charge in [0.05, 0.1) is 30.9 Å². The van der Waals surface area contributed by atoms with Gasteiger partial charge in [0, 0.05) is 41.4 Å². The van der Waals surface area contributed by atoms with Gasteiger partial charge < -0.3 is 69.0 Å². The number of unbranched alkanes of at least 4 members (excludes halogenated alkanes) is 1. The number of fused-ring (bicyclic) bond motifs is 1. The number of nitrogens with two attached hydrogens (primary N) is 3. The Morgan fingerprint density at radius 3 is 1.70 bits per heavy atom. The van der Waals surface area contributed by atoms with E-state index >= 15 is 0 Å². The summed E-state index contributed by atoms with van der Waals surface area (Å²) in [5.74, 6) is -6.54. The van der Waals surface area contributed by atoms with E-state index in [0.717, 1.165) is 21.4 Å². The fraction of sp³-hybridized carbons (Fsp3) is 0.449. The Labute approximate surface area is 423 Å². The van der Waals surface area contributed by atoms with Gasteiger partial charge >= 0.3 is 0 Å². The zero-order chi connectivity index (χ0) is 52.2. The zero-order valence-corrected chi connectivity index (χ0v) is 41.6. The number of hydrogen-bond donors (Lipinski definition) is 14. The number of thiol groups is 2. The fourth-order valence-electron chi connectivity index (χ4n) is 7.94. The average molecular weight is 1020 g/mol. The van der Waals surface area contributed by atoms with Crippen molar-refractivity contribution < 1.29 is 48.9 Å². The maximum Gasteiger partial charge on any atom is 0.248 e. The number of nitrogens with one attached hydrogen (secondary N) is 6. The number of para-hydroxylation sites is 1. The molecule has 0 fully saturated rings. The number of hydrogen-bond acceptors (Lipinski definition) is 14. The van der Waals surface area contributed by atoms with Gasteiger partial charge in [-0.25, -0.2) is 0 Å². The number of aromatic nitrogens is 1. The van der Waals surface area contributed by atoms with Crippen molar-refractivity contribution in [3.63, 3.8) is 0 Å². The molecule has 4 rings (SSSR count). The van der Waals surface area contributed by atoms with Crippen molar-refractivity contribution in [2.75, 3.05) is 24.7 Å². The van der Waals surface area contributed by atoms with Gasteiger partial charge in [0.15, 0.2) is 0 Å². The molecular weight excluding hydrogens is 953 g/mol. The van der Waals surface area contributed by atoms with E-state index < -0.39 is 108 Å². The number of carbonyl (C=O) groups is 7. The summed E-state index contributed by atoms with van der Waals surface area (Å²) in [5, 5.41) is 45.7. The lowest BCUT2D eigenvalue weighted by Gasteiger charge is -2.39. The molecule has 7 amide bonds. The zero-order valence-electron chi connectivity index (χ0n) is 39.8. The summed E-state index contributed by atoms with van der Waals surface area (Å²) in [7, 11) is 0. The summed E-state index contributed by atoms with van der Waals surface area (Å²) in [6.07, 6.45) is -0.624. The third-order valence-electron chi connectivity index (χ3n) is 11.9. The first kappa shape index (κ1) is 57.6. The standard InChI is InChI=1S/C49H68N10O10S2/c1-28(61)40(25-60)59(41(27-71)43(52)63)49(69)42(29(2)62)58-45(65)36(19-11-12-20-50)54-47(67)38(23-32-24-53-35-18-10-9-17-33(32)35)56-46(66)37(22-31-15-7-4-8-16-31)55-48(68)39(26-70)57-44(64)34(51)21-30-13-5-3-6-14-30/h3-10,13-18,24,28-29,34,36-42,53,60-62,70-71H,11-12,19-23,25-27,50-51H2,1-2H3,(H2,52,63)(H,54,67)(H,55,68)(H,56,66)(H,57,64)(H,58,65)/t28-,29-,34-,36+,37+,38-,39+,40?,41+,42+/m1/s1. The number of aliphatic hydroxyl groups is 3. The number of rotatable bonds is 29. The molecule has 0 radical (unpaired) electrons. The third kappa shape index (κ3) is 16.8. The van der Waals surface area contributed by atoms with E-state index in [2.05, 4.69) is 56.8 Å². The molecule has 0 saturated carbocycles. The molecular formula is C49H68N10O10S2. The van der Waals surface area contributed by atoms with Gasteiger partial charge in [-0.1, -0.05) is 78.9 Å². The van der Waals surface area contributed by atoms with E-state index in [1.807, 2.05) is 48.5 Å². The summed E-state index contributed by atoms with van der Waals surface area (Å²) in [6.45, 7) is 1.88. The highest BCUT2D eigenvalue weighted by Gasteiger charge is 2.42. The van der Waals surface area contributed by atoms with Crippen molar-refractivity contribution >= 4 is 77.5 Å². The van der Waals surface area contributed by atoms with E-state index in [1.54, 1.807) is 42.6 Å². The maximum absolute atomic E-state index is 14.7. The van der Waals surface area contributed by atoms with Crippen LogP contribution in [0.5, 0.6) is 0 Å². The van der Waals surface area contributed by atoms with Crippen molar-refractivity contribution in [3.8, 4) is 0 Å². The van der Waals surface area contributed by atoms with Crippen molar-refractivity contribution in [3.05, 3.63) is 108 Å². The summed E-state index contributed by atoms with van der Waals surface area (Å²) in [5.41, 5.74) is 20.4. The van der Waals surface area contributed by atoms with Crippen LogP contribution in [-0.2, 0) is 52.8 Å². The van der Waals surface area contributed by atoms with Crippen molar-refractivity contribution in [2.24, 2.45) is 17.2 Å². The normalized spacial score (nSPS) is 15.6. The number of amides is 7. The lowest BCUT2D eigenvalue weighted by atomic mass is 10.0. The largest absolute Gasteiger partial charge is 0.394 e. The first-order valence-electron chi connectivity index (χ1n) is 23.3. The average Bonchev–Trinajstić information content (AvgIpc) is 3.76. The van der Waals surface area contributed by atoms with Crippen LogP contribution in [0.15, 0.2) is 91.1 Å². The quantitative estimate of drug-likeness (QED) is 0.0224. The Balaban J connectivity index is 1.67. The van der Waals surface area contributed by atoms with E-state index in [0.29, 0.717) is 24.0 Å². The van der Waals surface area contributed by atoms with Crippen LogP contribution in [0.25, 0.3) is 10.9 Å². The second-order valence-corrected chi connectivity index (χ2v) is 18.1. The van der Waals surface area contributed by atoms with Crippen molar-refractivity contribution in [1.82, 2.24) is 36.5 Å². The van der Waals surface area contributed by atoms with Crippen LogP contribution >= 0.6 is 25.3 Å². The smallest absolute Gasteiger partial charge is 0.248 e. The predicted octanol–water partition coefficient (Wildman–Crippen LogP) is -1.26. The summed E-state index contributed by atoms with van der Waals surface area (Å²) >= 11 is 8.47. The highest BCUT2D eigenvalue weighted by molar-refractivity contribution is 7.80. The minimum Gasteiger partial charge on any atom is -0.394 e. The molecule has 1 unspecified atom stereocenters. The summed E-state index contributed by atoms with van der Waals surface area (Å²) in [4.78, 5) is 101. The van der Waals surface area contributed by atoms with Gasteiger partial charge in [-0.05, 0) is 68.8 Å². The second kappa shape index (κ2) is 28.7. The number of benzene rings is 3. The van der Waals surface area contributed by atoms with Gasteiger partial charge in [0.1, 0.15) is 36.3 Å². The van der Waals surface area contributed by atoms with Crippen LogP contribution in [-0.4, -0.2) is 152 Å². The molecule has 0 aliphatic rings. The highest BCUT2D eigenvalue weighted by Crippen LogP contribution is 2.21. The minimum atomic E-state index is -1.79. The van der Waals surface area contributed by atoms with E-state index in [9.17, 15) is 48.9 Å². The molecule has 1 aromatic heterocycles. The van der Waals surface area contributed by atoms with Crippen LogP contribution in [0.1, 0.15) is 49.8 Å². The Kier molecular flexibility index (Phi) is 23.3. The number of primary amides is 1. The van der Waals surface area contributed by atoms with Crippen LogP contribution in [0.4, 0.5) is 0 Å². The molecule has 0 aliphatic heterocycles. The Hall–Kier alpha value is -6.01. The second-order valence-electron chi connectivity index (χ2n) is 17.3. The number of H-pyrrole nitrogens is 1. The topological polar surface area (TPSA) is 337 Å². The Morgan fingerprint density at radius 1 is 0.648 bits per heavy atom. The minimum absolute atomic E-state index is 0.0288. The molecule has 20 nitrogen and oxygen atoms in total. The van der Waals surface area contributed by atoms with Gasteiger partial charge in [-0.15, -0.1) is 0 Å². The maximum atomic E-state index is 14.7. The molecule has 15 N–H and O–H groups in total. The fourth-order valence-corrected chi connectivity index (χ4v) is 8.55. The van der Waals surface area contributed by atoms with Gasteiger partial charge in [-0.2, -0.15) is 25.3 Å².